The lowest BCUT2D eigenvalue weighted by Crippen LogP contribution is -2.41. The van der Waals surface area contributed by atoms with Gasteiger partial charge in [-0.3, -0.25) is 0 Å². The first-order valence-electron chi connectivity index (χ1n) is 13.5. The van der Waals surface area contributed by atoms with Gasteiger partial charge in [-0.05, 0) is 45.3 Å². The second kappa shape index (κ2) is 9.34. The molecule has 0 amide bonds. The SMILES string of the molecule is CC1(C)OB(c2cccc3sc4c(-c5nc(-c6ccccc6)nc(-c6ccccc6)n5)cccc4c23)OC1(C)C. The van der Waals surface area contributed by atoms with Gasteiger partial charge in [-0.15, -0.1) is 11.3 Å². The van der Waals surface area contributed by atoms with Crippen molar-refractivity contribution < 1.29 is 9.31 Å². The van der Waals surface area contributed by atoms with Crippen LogP contribution in [0.2, 0.25) is 0 Å². The number of aromatic nitrogens is 3. The van der Waals surface area contributed by atoms with Crippen LogP contribution in [0.1, 0.15) is 27.7 Å². The van der Waals surface area contributed by atoms with Gasteiger partial charge in [0.15, 0.2) is 17.5 Å². The summed E-state index contributed by atoms with van der Waals surface area (Å²) in [6, 6.07) is 32.9. The smallest absolute Gasteiger partial charge is 0.399 e. The predicted molar refractivity (Wildman–Crippen MR) is 165 cm³/mol. The highest BCUT2D eigenvalue weighted by molar-refractivity contribution is 7.26. The molecule has 0 unspecified atom stereocenters. The summed E-state index contributed by atoms with van der Waals surface area (Å²) in [5.74, 6) is 1.96. The van der Waals surface area contributed by atoms with E-state index in [0.717, 1.165) is 37.6 Å². The summed E-state index contributed by atoms with van der Waals surface area (Å²) in [6.45, 7) is 8.36. The van der Waals surface area contributed by atoms with E-state index >= 15 is 0 Å². The molecule has 5 nitrogen and oxygen atoms in total. The number of thiophene rings is 1. The minimum absolute atomic E-state index is 0.413. The van der Waals surface area contributed by atoms with Crippen molar-refractivity contribution in [2.24, 2.45) is 0 Å². The van der Waals surface area contributed by atoms with E-state index in [1.807, 2.05) is 60.7 Å². The molecule has 1 fully saturated rings. The predicted octanol–water partition coefficient (Wildman–Crippen LogP) is 7.54. The van der Waals surface area contributed by atoms with Crippen molar-refractivity contribution in [1.82, 2.24) is 15.0 Å². The topological polar surface area (TPSA) is 57.1 Å². The molecule has 0 N–H and O–H groups in total. The maximum Gasteiger partial charge on any atom is 0.495 e. The third-order valence-electron chi connectivity index (χ3n) is 8.00. The summed E-state index contributed by atoms with van der Waals surface area (Å²) >= 11 is 1.75. The summed E-state index contributed by atoms with van der Waals surface area (Å²) in [5, 5.41) is 2.30. The molecule has 40 heavy (non-hydrogen) atoms. The Labute approximate surface area is 238 Å². The number of fused-ring (bicyclic) bond motifs is 3. The first-order chi connectivity index (χ1) is 19.3. The normalized spacial score (nSPS) is 16.1. The van der Waals surface area contributed by atoms with Crippen LogP contribution >= 0.6 is 11.3 Å². The van der Waals surface area contributed by atoms with Gasteiger partial charge in [-0.1, -0.05) is 84.9 Å². The van der Waals surface area contributed by atoms with E-state index in [1.54, 1.807) is 11.3 Å². The molecule has 196 valence electrons. The van der Waals surface area contributed by atoms with Crippen LogP contribution in [0.4, 0.5) is 0 Å². The molecule has 1 aliphatic heterocycles. The van der Waals surface area contributed by atoms with Crippen molar-refractivity contribution in [3.8, 4) is 34.2 Å². The van der Waals surface area contributed by atoms with Crippen LogP contribution in [0, 0.1) is 0 Å². The lowest BCUT2D eigenvalue weighted by atomic mass is 9.76. The van der Waals surface area contributed by atoms with Crippen LogP contribution in [-0.2, 0) is 9.31 Å². The van der Waals surface area contributed by atoms with Crippen LogP contribution in [-0.4, -0.2) is 33.3 Å². The van der Waals surface area contributed by atoms with Crippen molar-refractivity contribution >= 4 is 44.1 Å². The van der Waals surface area contributed by atoms with Gasteiger partial charge in [0.2, 0.25) is 0 Å². The zero-order chi connectivity index (χ0) is 27.5. The molecule has 7 heteroatoms. The van der Waals surface area contributed by atoms with Gasteiger partial charge in [0.1, 0.15) is 0 Å². The van der Waals surface area contributed by atoms with Crippen LogP contribution < -0.4 is 5.46 Å². The van der Waals surface area contributed by atoms with Gasteiger partial charge in [-0.25, -0.2) is 15.0 Å². The van der Waals surface area contributed by atoms with E-state index in [1.165, 1.54) is 4.70 Å². The number of rotatable bonds is 4. The van der Waals surface area contributed by atoms with Crippen molar-refractivity contribution in [2.45, 2.75) is 38.9 Å². The van der Waals surface area contributed by atoms with Crippen LogP contribution in [0.3, 0.4) is 0 Å². The standard InChI is InChI=1S/C33H28BN3O2S/c1-32(2)33(3,4)39-34(38-32)25-19-12-20-26-27(25)23-17-11-18-24(28(23)40-26)31-36-29(21-13-7-5-8-14-21)35-30(37-31)22-15-9-6-10-16-22/h5-20H,1-4H3. The molecule has 2 aromatic heterocycles. The molecule has 0 bridgehead atoms. The second-order valence-electron chi connectivity index (χ2n) is 11.1. The molecule has 7 rings (SSSR count). The minimum atomic E-state index is -0.443. The van der Waals surface area contributed by atoms with Crippen molar-refractivity contribution in [3.05, 3.63) is 97.1 Å². The fourth-order valence-electron chi connectivity index (χ4n) is 5.15. The number of nitrogens with zero attached hydrogens (tertiary/aromatic N) is 3. The number of hydrogen-bond donors (Lipinski definition) is 0. The van der Waals surface area contributed by atoms with Crippen molar-refractivity contribution in [3.63, 3.8) is 0 Å². The van der Waals surface area contributed by atoms with Crippen molar-refractivity contribution in [1.29, 1.82) is 0 Å². The summed E-state index contributed by atoms with van der Waals surface area (Å²) in [6.07, 6.45) is 0. The molecule has 0 atom stereocenters. The van der Waals surface area contributed by atoms with E-state index in [9.17, 15) is 0 Å². The van der Waals surface area contributed by atoms with Gasteiger partial charge in [0, 0.05) is 36.9 Å². The van der Waals surface area contributed by atoms with Gasteiger partial charge < -0.3 is 9.31 Å². The van der Waals surface area contributed by atoms with Crippen LogP contribution in [0.25, 0.3) is 54.3 Å². The first-order valence-corrected chi connectivity index (χ1v) is 14.3. The highest BCUT2D eigenvalue weighted by Gasteiger charge is 2.52. The Hall–Kier alpha value is -3.91. The summed E-state index contributed by atoms with van der Waals surface area (Å²) in [4.78, 5) is 14.8. The Morgan fingerprint density at radius 1 is 0.600 bits per heavy atom. The van der Waals surface area contributed by atoms with E-state index < -0.39 is 18.3 Å². The quantitative estimate of drug-likeness (QED) is 0.216. The number of benzene rings is 4. The highest BCUT2D eigenvalue weighted by atomic mass is 32.1. The molecule has 0 aliphatic carbocycles. The summed E-state index contributed by atoms with van der Waals surface area (Å²) in [7, 11) is -0.443. The maximum atomic E-state index is 6.47. The molecule has 4 aromatic carbocycles. The van der Waals surface area contributed by atoms with Crippen molar-refractivity contribution in [2.75, 3.05) is 0 Å². The maximum absolute atomic E-state index is 6.47. The Kier molecular flexibility index (Phi) is 5.86. The molecular formula is C33H28BN3O2S. The Bertz CT molecular complexity index is 1800. The molecule has 0 saturated carbocycles. The third kappa shape index (κ3) is 4.13. The largest absolute Gasteiger partial charge is 0.495 e. The first kappa shape index (κ1) is 25.1. The molecule has 1 saturated heterocycles. The van der Waals surface area contributed by atoms with E-state index in [0.29, 0.717) is 17.5 Å². The molecule has 6 aromatic rings. The minimum Gasteiger partial charge on any atom is -0.399 e. The highest BCUT2D eigenvalue weighted by Crippen LogP contribution is 2.41. The van der Waals surface area contributed by atoms with E-state index in [4.69, 9.17) is 24.3 Å². The molecular weight excluding hydrogens is 513 g/mol. The van der Waals surface area contributed by atoms with Crippen LogP contribution in [0.15, 0.2) is 97.1 Å². The second-order valence-corrected chi connectivity index (χ2v) is 12.2. The Morgan fingerprint density at radius 3 is 1.75 bits per heavy atom. The summed E-state index contributed by atoms with van der Waals surface area (Å²) in [5.41, 5.74) is 3.11. The monoisotopic (exact) mass is 541 g/mol. The van der Waals surface area contributed by atoms with Gasteiger partial charge >= 0.3 is 7.12 Å². The third-order valence-corrected chi connectivity index (χ3v) is 9.21. The zero-order valence-electron chi connectivity index (χ0n) is 22.9. The van der Waals surface area contributed by atoms with Gasteiger partial charge in [-0.2, -0.15) is 0 Å². The average Bonchev–Trinajstić information content (AvgIpc) is 3.46. The fraction of sp³-hybridized carbons (Fsp3) is 0.182. The average molecular weight is 541 g/mol. The zero-order valence-corrected chi connectivity index (χ0v) is 23.7. The van der Waals surface area contributed by atoms with Gasteiger partial charge in [0.25, 0.3) is 0 Å². The lowest BCUT2D eigenvalue weighted by Gasteiger charge is -2.32. The lowest BCUT2D eigenvalue weighted by molar-refractivity contribution is 0.00578. The molecule has 1 aliphatic rings. The Morgan fingerprint density at radius 2 is 1.15 bits per heavy atom. The summed E-state index contributed by atoms with van der Waals surface area (Å²) < 4.78 is 15.2. The van der Waals surface area contributed by atoms with Crippen LogP contribution in [0.5, 0.6) is 0 Å². The van der Waals surface area contributed by atoms with E-state index in [-0.39, 0.29) is 0 Å². The van der Waals surface area contributed by atoms with Gasteiger partial charge in [0.05, 0.1) is 11.2 Å². The molecule has 0 radical (unpaired) electrons. The number of hydrogen-bond acceptors (Lipinski definition) is 6. The molecule has 0 spiro atoms. The fourth-order valence-corrected chi connectivity index (χ4v) is 6.39. The molecule has 3 heterocycles. The van der Waals surface area contributed by atoms with E-state index in [2.05, 4.69) is 64.1 Å². The Balaban J connectivity index is 1.43.